The molecule has 0 heterocycles. The van der Waals surface area contributed by atoms with Crippen molar-refractivity contribution in [3.05, 3.63) is 64.2 Å². The third kappa shape index (κ3) is 4.54. The van der Waals surface area contributed by atoms with Crippen LogP contribution in [-0.2, 0) is 9.53 Å². The van der Waals surface area contributed by atoms with E-state index in [2.05, 4.69) is 5.32 Å². The molecular weight excluding hydrogens is 328 g/mol. The lowest BCUT2D eigenvalue weighted by atomic mass is 10.2. The van der Waals surface area contributed by atoms with Crippen molar-refractivity contribution >= 4 is 23.3 Å². The lowest BCUT2D eigenvalue weighted by Gasteiger charge is -2.15. The number of hydrogen-bond acceptors (Lipinski definition) is 6. The molecule has 1 amide bonds. The second-order valence-corrected chi connectivity index (χ2v) is 5.04. The first-order valence-electron chi connectivity index (χ1n) is 7.31. The maximum atomic E-state index is 12.2. The molecule has 8 heteroatoms. The SMILES string of the molecule is COc1ccc([N+](=O)[O-])cc1NC(=O)C(C)OC(=O)c1ccccc1. The molecule has 0 aliphatic carbocycles. The molecule has 2 aromatic carbocycles. The highest BCUT2D eigenvalue weighted by atomic mass is 16.6. The van der Waals surface area contributed by atoms with Gasteiger partial charge in [0, 0.05) is 12.1 Å². The summed E-state index contributed by atoms with van der Waals surface area (Å²) in [5.74, 6) is -1.03. The summed E-state index contributed by atoms with van der Waals surface area (Å²) in [7, 11) is 1.37. The predicted molar refractivity (Wildman–Crippen MR) is 89.6 cm³/mol. The fourth-order valence-corrected chi connectivity index (χ4v) is 2.00. The van der Waals surface area contributed by atoms with Gasteiger partial charge in [0.2, 0.25) is 0 Å². The quantitative estimate of drug-likeness (QED) is 0.490. The van der Waals surface area contributed by atoms with E-state index < -0.39 is 22.9 Å². The topological polar surface area (TPSA) is 108 Å². The van der Waals surface area contributed by atoms with Gasteiger partial charge in [-0.3, -0.25) is 14.9 Å². The van der Waals surface area contributed by atoms with Crippen molar-refractivity contribution in [3.8, 4) is 5.75 Å². The monoisotopic (exact) mass is 344 g/mol. The van der Waals surface area contributed by atoms with Crippen molar-refractivity contribution in [3.63, 3.8) is 0 Å². The van der Waals surface area contributed by atoms with Crippen LogP contribution in [0, 0.1) is 10.1 Å². The van der Waals surface area contributed by atoms with Gasteiger partial charge in [0.05, 0.1) is 23.3 Å². The molecule has 2 rings (SSSR count). The predicted octanol–water partition coefficient (Wildman–Crippen LogP) is 2.79. The number of carbonyl (C=O) groups excluding carboxylic acids is 2. The minimum atomic E-state index is -1.10. The fraction of sp³-hybridized carbons (Fsp3) is 0.176. The van der Waals surface area contributed by atoms with Gasteiger partial charge >= 0.3 is 5.97 Å². The number of nitrogens with zero attached hydrogens (tertiary/aromatic N) is 1. The number of nitro benzene ring substituents is 1. The number of nitro groups is 1. The van der Waals surface area contributed by atoms with Crippen LogP contribution >= 0.6 is 0 Å². The Morgan fingerprint density at radius 1 is 1.16 bits per heavy atom. The Bertz CT molecular complexity index is 791. The highest BCUT2D eigenvalue weighted by Gasteiger charge is 2.21. The zero-order valence-corrected chi connectivity index (χ0v) is 13.6. The zero-order chi connectivity index (χ0) is 18.4. The van der Waals surface area contributed by atoms with Gasteiger partial charge in [0.25, 0.3) is 11.6 Å². The average Bonchev–Trinajstić information content (AvgIpc) is 2.62. The van der Waals surface area contributed by atoms with Crippen LogP contribution in [0.25, 0.3) is 0 Å². The van der Waals surface area contributed by atoms with Gasteiger partial charge in [-0.25, -0.2) is 4.79 Å². The minimum absolute atomic E-state index is 0.115. The number of rotatable bonds is 6. The summed E-state index contributed by atoms with van der Waals surface area (Å²) in [4.78, 5) is 34.4. The number of benzene rings is 2. The summed E-state index contributed by atoms with van der Waals surface area (Å²) in [5, 5.41) is 13.3. The Hall–Kier alpha value is -3.42. The van der Waals surface area contributed by atoms with E-state index in [1.807, 2.05) is 0 Å². The van der Waals surface area contributed by atoms with E-state index in [4.69, 9.17) is 9.47 Å². The summed E-state index contributed by atoms with van der Waals surface area (Å²) in [6, 6.07) is 12.0. The third-order valence-electron chi connectivity index (χ3n) is 3.31. The molecule has 2 aromatic rings. The summed E-state index contributed by atoms with van der Waals surface area (Å²) < 4.78 is 10.2. The van der Waals surface area contributed by atoms with Crippen molar-refractivity contribution in [2.24, 2.45) is 0 Å². The number of carbonyl (C=O) groups is 2. The summed E-state index contributed by atoms with van der Waals surface area (Å²) in [5.41, 5.74) is 0.226. The third-order valence-corrected chi connectivity index (χ3v) is 3.31. The molecule has 0 aromatic heterocycles. The molecule has 0 bridgehead atoms. The lowest BCUT2D eigenvalue weighted by Crippen LogP contribution is -2.30. The number of amides is 1. The fourth-order valence-electron chi connectivity index (χ4n) is 2.00. The maximum absolute atomic E-state index is 12.2. The number of non-ortho nitro benzene ring substituents is 1. The molecular formula is C17H16N2O6. The standard InChI is InChI=1S/C17H16N2O6/c1-11(25-17(21)12-6-4-3-5-7-12)16(20)18-14-10-13(19(22)23)8-9-15(14)24-2/h3-11H,1-2H3,(H,18,20). The Morgan fingerprint density at radius 3 is 2.44 bits per heavy atom. The second-order valence-electron chi connectivity index (χ2n) is 5.04. The van der Waals surface area contributed by atoms with Crippen LogP contribution in [0.1, 0.15) is 17.3 Å². The van der Waals surface area contributed by atoms with Crippen molar-refractivity contribution < 1.29 is 24.0 Å². The number of anilines is 1. The Morgan fingerprint density at radius 2 is 1.84 bits per heavy atom. The number of methoxy groups -OCH3 is 1. The van der Waals surface area contributed by atoms with Gasteiger partial charge in [-0.2, -0.15) is 0 Å². The van der Waals surface area contributed by atoms with Crippen LogP contribution < -0.4 is 10.1 Å². The molecule has 130 valence electrons. The molecule has 0 aliphatic rings. The first kappa shape index (κ1) is 17.9. The average molecular weight is 344 g/mol. The first-order chi connectivity index (χ1) is 11.9. The molecule has 1 atom stereocenters. The molecule has 0 saturated carbocycles. The molecule has 8 nitrogen and oxygen atoms in total. The van der Waals surface area contributed by atoms with Gasteiger partial charge in [0.15, 0.2) is 6.10 Å². The number of esters is 1. The summed E-state index contributed by atoms with van der Waals surface area (Å²) in [6.45, 7) is 1.40. The molecule has 0 saturated heterocycles. The first-order valence-corrected chi connectivity index (χ1v) is 7.31. The van der Waals surface area contributed by atoms with E-state index in [0.717, 1.165) is 0 Å². The molecule has 0 aliphatic heterocycles. The lowest BCUT2D eigenvalue weighted by molar-refractivity contribution is -0.384. The van der Waals surface area contributed by atoms with Gasteiger partial charge in [0.1, 0.15) is 5.75 Å². The maximum Gasteiger partial charge on any atom is 0.338 e. The molecule has 0 fully saturated rings. The van der Waals surface area contributed by atoms with Gasteiger partial charge in [-0.15, -0.1) is 0 Å². The van der Waals surface area contributed by atoms with E-state index >= 15 is 0 Å². The largest absolute Gasteiger partial charge is 0.495 e. The van der Waals surface area contributed by atoms with Crippen molar-refractivity contribution in [2.75, 3.05) is 12.4 Å². The van der Waals surface area contributed by atoms with Crippen LogP contribution in [0.5, 0.6) is 5.75 Å². The molecule has 0 spiro atoms. The van der Waals surface area contributed by atoms with Gasteiger partial charge in [-0.05, 0) is 25.1 Å². The van der Waals surface area contributed by atoms with Crippen LogP contribution in [0.3, 0.4) is 0 Å². The molecule has 0 radical (unpaired) electrons. The smallest absolute Gasteiger partial charge is 0.338 e. The Balaban J connectivity index is 2.09. The Labute approximate surface area is 143 Å². The van der Waals surface area contributed by atoms with Gasteiger partial charge in [-0.1, -0.05) is 18.2 Å². The van der Waals surface area contributed by atoms with Crippen LogP contribution in [0.2, 0.25) is 0 Å². The van der Waals surface area contributed by atoms with Crippen molar-refractivity contribution in [2.45, 2.75) is 13.0 Å². The van der Waals surface area contributed by atoms with Crippen LogP contribution in [0.4, 0.5) is 11.4 Å². The molecule has 1 N–H and O–H groups in total. The minimum Gasteiger partial charge on any atom is -0.495 e. The zero-order valence-electron chi connectivity index (χ0n) is 13.6. The second kappa shape index (κ2) is 7.91. The van der Waals surface area contributed by atoms with E-state index in [9.17, 15) is 19.7 Å². The van der Waals surface area contributed by atoms with Crippen LogP contribution in [0.15, 0.2) is 48.5 Å². The van der Waals surface area contributed by atoms with E-state index in [1.54, 1.807) is 30.3 Å². The molecule has 1 unspecified atom stereocenters. The normalized spacial score (nSPS) is 11.3. The Kier molecular flexibility index (Phi) is 5.67. The number of hydrogen-bond donors (Lipinski definition) is 1. The number of nitrogens with one attached hydrogen (secondary N) is 1. The number of ether oxygens (including phenoxy) is 2. The summed E-state index contributed by atoms with van der Waals surface area (Å²) in [6.07, 6.45) is -1.10. The highest BCUT2D eigenvalue weighted by Crippen LogP contribution is 2.29. The molecule has 25 heavy (non-hydrogen) atoms. The highest BCUT2D eigenvalue weighted by molar-refractivity contribution is 5.98. The van der Waals surface area contributed by atoms with Crippen molar-refractivity contribution in [1.29, 1.82) is 0 Å². The van der Waals surface area contributed by atoms with Crippen LogP contribution in [-0.4, -0.2) is 30.0 Å². The van der Waals surface area contributed by atoms with Gasteiger partial charge < -0.3 is 14.8 Å². The van der Waals surface area contributed by atoms with E-state index in [-0.39, 0.29) is 17.1 Å². The van der Waals surface area contributed by atoms with Crippen molar-refractivity contribution in [1.82, 2.24) is 0 Å². The van der Waals surface area contributed by atoms with E-state index in [1.165, 1.54) is 32.2 Å². The summed E-state index contributed by atoms with van der Waals surface area (Å²) >= 11 is 0. The van der Waals surface area contributed by atoms with E-state index in [0.29, 0.717) is 5.56 Å².